The number of alkyl carbamates (subject to hydrolysis) is 1. The number of aliphatic hydroxyl groups excluding tert-OH is 1. The van der Waals surface area contributed by atoms with Crippen molar-refractivity contribution in [3.05, 3.63) is 70.8 Å². The minimum atomic E-state index is -1.37. The van der Waals surface area contributed by atoms with Gasteiger partial charge in [0.1, 0.15) is 29.3 Å². The fraction of sp³-hybridized carbons (Fsp3) is 0.579. The molecule has 0 aliphatic heterocycles. The third kappa shape index (κ3) is 13.7. The third-order valence-corrected chi connectivity index (χ3v) is 7.65. The van der Waals surface area contributed by atoms with Crippen molar-refractivity contribution >= 4 is 23.9 Å². The normalized spacial score (nSPS) is 13.5. The molecule has 0 heterocycles. The van der Waals surface area contributed by atoms with E-state index in [-0.39, 0.29) is 13.0 Å². The molecule has 0 aliphatic rings. The van der Waals surface area contributed by atoms with Crippen molar-refractivity contribution in [2.45, 2.75) is 130 Å². The van der Waals surface area contributed by atoms with Crippen LogP contribution in [-0.2, 0) is 30.3 Å². The summed E-state index contributed by atoms with van der Waals surface area (Å²) in [6.07, 6.45) is 3.74. The zero-order chi connectivity index (χ0) is 36.1. The van der Waals surface area contributed by atoms with Crippen molar-refractivity contribution in [3.63, 3.8) is 0 Å². The van der Waals surface area contributed by atoms with Crippen molar-refractivity contribution in [2.24, 2.45) is 0 Å². The number of ether oxygens (including phenoxy) is 2. The van der Waals surface area contributed by atoms with E-state index in [9.17, 15) is 24.3 Å². The van der Waals surface area contributed by atoms with Gasteiger partial charge in [0.25, 0.3) is 0 Å². The first kappa shape index (κ1) is 40.3. The van der Waals surface area contributed by atoms with E-state index in [4.69, 9.17) is 9.47 Å². The zero-order valence-electron chi connectivity index (χ0n) is 30.4. The number of unbranched alkanes of at least 4 members (excludes halogenated alkanes) is 4. The number of esters is 1. The molecular weight excluding hydrogens is 610 g/mol. The van der Waals surface area contributed by atoms with E-state index in [0.29, 0.717) is 12.0 Å². The fourth-order valence-corrected chi connectivity index (χ4v) is 5.16. The maximum Gasteiger partial charge on any atom is 0.408 e. The predicted molar refractivity (Wildman–Crippen MR) is 187 cm³/mol. The highest BCUT2D eigenvalue weighted by atomic mass is 16.6. The molecule has 10 nitrogen and oxygen atoms in total. The molecule has 0 radical (unpaired) electrons. The number of carbonyl (C=O) groups is 4. The monoisotopic (exact) mass is 667 g/mol. The van der Waals surface area contributed by atoms with Gasteiger partial charge in [0.2, 0.25) is 11.8 Å². The smallest absolute Gasteiger partial charge is 0.408 e. The number of aliphatic hydroxyl groups is 1. The summed E-state index contributed by atoms with van der Waals surface area (Å²) in [7, 11) is 0. The van der Waals surface area contributed by atoms with Crippen LogP contribution in [0.5, 0.6) is 0 Å². The molecule has 0 fully saturated rings. The van der Waals surface area contributed by atoms with Crippen LogP contribution in [-0.4, -0.2) is 70.3 Å². The van der Waals surface area contributed by atoms with Crippen LogP contribution < -0.4 is 10.6 Å². The van der Waals surface area contributed by atoms with Crippen LogP contribution in [0.4, 0.5) is 4.79 Å². The van der Waals surface area contributed by atoms with E-state index >= 15 is 0 Å². The highest BCUT2D eigenvalue weighted by molar-refractivity contribution is 5.94. The summed E-state index contributed by atoms with van der Waals surface area (Å²) < 4.78 is 11.1. The number of rotatable bonds is 16. The molecule has 0 bridgehead atoms. The second-order valence-corrected chi connectivity index (χ2v) is 14.4. The van der Waals surface area contributed by atoms with Crippen LogP contribution in [0.1, 0.15) is 109 Å². The molecule has 48 heavy (non-hydrogen) atoms. The van der Waals surface area contributed by atoms with Crippen LogP contribution in [0.25, 0.3) is 0 Å². The number of nitrogens with one attached hydrogen (secondary N) is 2. The number of carbonyl (C=O) groups excluding carboxylic acids is 4. The van der Waals surface area contributed by atoms with E-state index < -0.39 is 59.8 Å². The van der Waals surface area contributed by atoms with E-state index in [2.05, 4.69) is 17.6 Å². The Kier molecular flexibility index (Phi) is 15.6. The molecule has 3 atom stereocenters. The van der Waals surface area contributed by atoms with Gasteiger partial charge in [-0.2, -0.15) is 0 Å². The summed E-state index contributed by atoms with van der Waals surface area (Å²) in [6, 6.07) is 11.2. The molecule has 3 unspecified atom stereocenters. The molecule has 2 aromatic rings. The van der Waals surface area contributed by atoms with Gasteiger partial charge in [-0.15, -0.1) is 0 Å². The summed E-state index contributed by atoms with van der Waals surface area (Å²) in [6.45, 7) is 15.8. The summed E-state index contributed by atoms with van der Waals surface area (Å²) in [5.41, 5.74) is 1.65. The molecule has 0 spiro atoms. The van der Waals surface area contributed by atoms with Crippen molar-refractivity contribution < 1.29 is 33.8 Å². The van der Waals surface area contributed by atoms with Crippen LogP contribution >= 0.6 is 0 Å². The van der Waals surface area contributed by atoms with E-state index in [1.165, 1.54) is 4.90 Å². The van der Waals surface area contributed by atoms with Gasteiger partial charge in [0.05, 0.1) is 6.61 Å². The molecule has 2 rings (SSSR count). The lowest BCUT2D eigenvalue weighted by atomic mass is 9.97. The Labute approximate surface area is 287 Å². The first-order valence-electron chi connectivity index (χ1n) is 17.0. The first-order valence-corrected chi connectivity index (χ1v) is 17.0. The average molecular weight is 668 g/mol. The first-order chi connectivity index (χ1) is 22.5. The lowest BCUT2D eigenvalue weighted by molar-refractivity contribution is -0.159. The van der Waals surface area contributed by atoms with Crippen LogP contribution in [0, 0.1) is 13.8 Å². The Morgan fingerprint density at radius 3 is 1.98 bits per heavy atom. The summed E-state index contributed by atoms with van der Waals surface area (Å²) in [5.74, 6) is -1.83. The van der Waals surface area contributed by atoms with Gasteiger partial charge >= 0.3 is 12.1 Å². The second kappa shape index (κ2) is 18.6. The van der Waals surface area contributed by atoms with Gasteiger partial charge in [-0.25, -0.2) is 9.59 Å². The number of hydrogen-bond donors (Lipinski definition) is 3. The molecule has 2 aromatic carbocycles. The van der Waals surface area contributed by atoms with Gasteiger partial charge in [0.15, 0.2) is 0 Å². The molecule has 0 aliphatic carbocycles. The Hall–Kier alpha value is -3.92. The van der Waals surface area contributed by atoms with Gasteiger partial charge in [-0.05, 0) is 84.1 Å². The quantitative estimate of drug-likeness (QED) is 0.146. The highest BCUT2D eigenvalue weighted by Gasteiger charge is 2.38. The molecule has 0 saturated heterocycles. The van der Waals surface area contributed by atoms with Crippen molar-refractivity contribution in [3.8, 4) is 0 Å². The lowest BCUT2D eigenvalue weighted by Gasteiger charge is -2.35. The zero-order valence-corrected chi connectivity index (χ0v) is 30.4. The van der Waals surface area contributed by atoms with E-state index in [0.717, 1.165) is 42.4 Å². The Morgan fingerprint density at radius 1 is 0.792 bits per heavy atom. The Balaban J connectivity index is 2.61. The maximum atomic E-state index is 14.5. The number of aryl methyl sites for hydroxylation is 2. The minimum absolute atomic E-state index is 0.172. The lowest BCUT2D eigenvalue weighted by Crippen LogP contribution is -2.56. The van der Waals surface area contributed by atoms with E-state index in [1.54, 1.807) is 47.6 Å². The molecule has 3 N–H and O–H groups in total. The van der Waals surface area contributed by atoms with Gasteiger partial charge < -0.3 is 30.1 Å². The highest BCUT2D eigenvalue weighted by Crippen LogP contribution is 2.26. The van der Waals surface area contributed by atoms with Crippen molar-refractivity contribution in [1.82, 2.24) is 15.5 Å². The van der Waals surface area contributed by atoms with Crippen LogP contribution in [0.2, 0.25) is 0 Å². The minimum Gasteiger partial charge on any atom is -0.458 e. The molecule has 10 heteroatoms. The summed E-state index contributed by atoms with van der Waals surface area (Å²) in [4.78, 5) is 56.4. The van der Waals surface area contributed by atoms with Crippen molar-refractivity contribution in [1.29, 1.82) is 0 Å². The van der Waals surface area contributed by atoms with Gasteiger partial charge in [-0.3, -0.25) is 9.59 Å². The number of nitrogens with zero attached hydrogens (tertiary/aromatic N) is 1. The second-order valence-electron chi connectivity index (χ2n) is 14.4. The number of amides is 3. The molecule has 266 valence electrons. The Morgan fingerprint density at radius 2 is 1.42 bits per heavy atom. The molecule has 0 saturated carbocycles. The van der Waals surface area contributed by atoms with Gasteiger partial charge in [-0.1, -0.05) is 81.1 Å². The SMILES string of the molecule is CCCCCCCN(C(=O)C(CO)NC(=O)OC(C)(C)C)C(C(=O)NC(Cc1ccccc1)C(=O)OC(C)(C)C)c1ccc(C)c(C)c1. The van der Waals surface area contributed by atoms with E-state index in [1.807, 2.05) is 56.3 Å². The molecule has 3 amide bonds. The maximum absolute atomic E-state index is 14.5. The number of benzene rings is 2. The Bertz CT molecular complexity index is 1350. The average Bonchev–Trinajstić information content (AvgIpc) is 2.99. The van der Waals surface area contributed by atoms with Crippen LogP contribution in [0.3, 0.4) is 0 Å². The fourth-order valence-electron chi connectivity index (χ4n) is 5.16. The number of hydrogen-bond acceptors (Lipinski definition) is 7. The van der Waals surface area contributed by atoms with Crippen molar-refractivity contribution in [2.75, 3.05) is 13.2 Å². The summed E-state index contributed by atoms with van der Waals surface area (Å²) >= 11 is 0. The molecular formula is C38H57N3O7. The topological polar surface area (TPSA) is 134 Å². The standard InChI is InChI=1S/C38H57N3O7/c1-10-11-12-13-17-22-41(34(44)31(25-42)40-36(46)48-38(7,8)9)32(29-21-20-26(2)27(3)23-29)33(43)39-30(35(45)47-37(4,5)6)24-28-18-15-14-16-19-28/h14-16,18-21,23,30-32,42H,10-13,17,22,24-25H2,1-9H3,(H,39,43)(H,40,46). The summed E-state index contributed by atoms with van der Waals surface area (Å²) in [5, 5.41) is 15.7. The van der Waals surface area contributed by atoms with Gasteiger partial charge in [0, 0.05) is 13.0 Å². The third-order valence-electron chi connectivity index (χ3n) is 7.65. The largest absolute Gasteiger partial charge is 0.458 e. The van der Waals surface area contributed by atoms with Crippen LogP contribution in [0.15, 0.2) is 48.5 Å². The molecule has 0 aromatic heterocycles. The predicted octanol–water partition coefficient (Wildman–Crippen LogP) is 6.10.